The van der Waals surface area contributed by atoms with E-state index in [2.05, 4.69) is 72.9 Å². The molecule has 1 heteroatoms. The van der Waals surface area contributed by atoms with Crippen molar-refractivity contribution in [1.29, 1.82) is 0 Å². The molecule has 0 aromatic carbocycles. The fourth-order valence-electron chi connectivity index (χ4n) is 3.94. The van der Waals surface area contributed by atoms with Gasteiger partial charge in [0.25, 0.3) is 0 Å². The zero-order chi connectivity index (χ0) is 14.1. The molecule has 0 N–H and O–H groups in total. The van der Waals surface area contributed by atoms with Crippen molar-refractivity contribution >= 4 is 18.4 Å². The van der Waals surface area contributed by atoms with Crippen LogP contribution in [0.15, 0.2) is 87.3 Å². The monoisotopic (exact) mass is 380 g/mol. The molecule has 0 aromatic heterocycles. The predicted octanol–water partition coefficient (Wildman–Crippen LogP) is 5.14. The zero-order valence-corrected chi connectivity index (χ0v) is 15.1. The maximum atomic E-state index is 2.49. The summed E-state index contributed by atoms with van der Waals surface area (Å²) in [4.78, 5) is 0. The average molecular weight is 379 g/mol. The third kappa shape index (κ3) is 2.03. The SMILES string of the molecule is C1=C[C]([Sn]([C]2=CCC=C2)([C]2=CCC=C2)[C]2=CCC=C2)=CC1. The molecule has 21 heavy (non-hydrogen) atoms. The molecule has 0 heterocycles. The molecule has 0 nitrogen and oxygen atoms in total. The minimum absolute atomic E-state index is 1.11. The van der Waals surface area contributed by atoms with Crippen LogP contribution in [0.3, 0.4) is 0 Å². The molecule has 4 rings (SSSR count). The van der Waals surface area contributed by atoms with Crippen molar-refractivity contribution in [3.63, 3.8) is 0 Å². The first-order chi connectivity index (χ1) is 10.4. The summed E-state index contributed by atoms with van der Waals surface area (Å²) in [6.07, 6.45) is 33.4. The van der Waals surface area contributed by atoms with Gasteiger partial charge in [0, 0.05) is 0 Å². The number of rotatable bonds is 4. The molecular formula is C20H20Sn. The Morgan fingerprint density at radius 1 is 0.476 bits per heavy atom. The van der Waals surface area contributed by atoms with Crippen LogP contribution in [0.2, 0.25) is 0 Å². The Morgan fingerprint density at radius 3 is 0.952 bits per heavy atom. The minimum atomic E-state index is -2.93. The van der Waals surface area contributed by atoms with Crippen LogP contribution in [0, 0.1) is 0 Å². The summed E-state index contributed by atoms with van der Waals surface area (Å²) in [6.45, 7) is 0. The maximum absolute atomic E-state index is 2.93. The molecule has 0 saturated carbocycles. The molecule has 0 spiro atoms. The second-order valence-electron chi connectivity index (χ2n) is 5.94. The van der Waals surface area contributed by atoms with E-state index in [4.69, 9.17) is 0 Å². The number of hydrogen-bond donors (Lipinski definition) is 0. The summed E-state index contributed by atoms with van der Waals surface area (Å²) >= 11 is -2.93. The quantitative estimate of drug-likeness (QED) is 0.594. The Morgan fingerprint density at radius 2 is 0.762 bits per heavy atom. The number of allylic oxidation sites excluding steroid dienone is 16. The van der Waals surface area contributed by atoms with E-state index < -0.39 is 18.4 Å². The fraction of sp³-hybridized carbons (Fsp3) is 0.200. The van der Waals surface area contributed by atoms with Crippen LogP contribution >= 0.6 is 0 Å². The summed E-state index contributed by atoms with van der Waals surface area (Å²) in [5, 5.41) is 0. The Hall–Kier alpha value is -1.28. The molecular weight excluding hydrogens is 359 g/mol. The van der Waals surface area contributed by atoms with Gasteiger partial charge in [-0.3, -0.25) is 0 Å². The first-order valence-corrected chi connectivity index (χ1v) is 13.6. The normalized spacial score (nSPS) is 22.9. The Balaban J connectivity index is 1.98. The van der Waals surface area contributed by atoms with Gasteiger partial charge in [-0.2, -0.15) is 0 Å². The Kier molecular flexibility index (Phi) is 3.50. The van der Waals surface area contributed by atoms with Gasteiger partial charge >= 0.3 is 131 Å². The van der Waals surface area contributed by atoms with Gasteiger partial charge in [-0.15, -0.1) is 0 Å². The molecule has 0 atom stereocenters. The van der Waals surface area contributed by atoms with E-state index in [-0.39, 0.29) is 0 Å². The van der Waals surface area contributed by atoms with Crippen LogP contribution < -0.4 is 0 Å². The first-order valence-electron chi connectivity index (χ1n) is 7.91. The van der Waals surface area contributed by atoms with Crippen LogP contribution in [-0.4, -0.2) is 18.4 Å². The standard InChI is InChI=1S/4C5H5.Sn/c4*1-2-4-5-3-1;/h4*1-2,5H,3H2;. The van der Waals surface area contributed by atoms with Crippen molar-refractivity contribution in [1.82, 2.24) is 0 Å². The first kappa shape index (κ1) is 13.4. The average Bonchev–Trinajstić information content (AvgIpc) is 3.32. The molecule has 0 aromatic rings. The fourth-order valence-corrected chi connectivity index (χ4v) is 18.7. The summed E-state index contributed by atoms with van der Waals surface area (Å²) in [6, 6.07) is 0. The molecule has 0 aliphatic heterocycles. The second kappa shape index (κ2) is 5.49. The van der Waals surface area contributed by atoms with Crippen LogP contribution in [0.4, 0.5) is 0 Å². The van der Waals surface area contributed by atoms with Gasteiger partial charge in [0.1, 0.15) is 0 Å². The zero-order valence-electron chi connectivity index (χ0n) is 12.3. The van der Waals surface area contributed by atoms with Gasteiger partial charge in [0.05, 0.1) is 0 Å². The summed E-state index contributed by atoms with van der Waals surface area (Å²) in [5.74, 6) is 0. The summed E-state index contributed by atoms with van der Waals surface area (Å²) < 4.78 is 6.60. The van der Waals surface area contributed by atoms with Gasteiger partial charge in [-0.1, -0.05) is 0 Å². The molecule has 0 bridgehead atoms. The van der Waals surface area contributed by atoms with Crippen molar-refractivity contribution < 1.29 is 0 Å². The third-order valence-corrected chi connectivity index (χ3v) is 18.9. The van der Waals surface area contributed by atoms with Crippen LogP contribution in [0.5, 0.6) is 0 Å². The van der Waals surface area contributed by atoms with Crippen molar-refractivity contribution in [3.8, 4) is 0 Å². The molecule has 0 fully saturated rings. The van der Waals surface area contributed by atoms with Gasteiger partial charge in [0.2, 0.25) is 0 Å². The molecule has 104 valence electrons. The second-order valence-corrected chi connectivity index (χ2v) is 16.8. The van der Waals surface area contributed by atoms with Gasteiger partial charge < -0.3 is 0 Å². The molecule has 0 radical (unpaired) electrons. The van der Waals surface area contributed by atoms with E-state index in [0.717, 1.165) is 25.7 Å². The van der Waals surface area contributed by atoms with Gasteiger partial charge in [-0.05, 0) is 0 Å². The summed E-state index contributed by atoms with van der Waals surface area (Å²) in [7, 11) is 0. The van der Waals surface area contributed by atoms with Crippen LogP contribution in [0.25, 0.3) is 0 Å². The topological polar surface area (TPSA) is 0 Å². The van der Waals surface area contributed by atoms with E-state index in [1.54, 1.807) is 14.4 Å². The van der Waals surface area contributed by atoms with Crippen molar-refractivity contribution in [2.24, 2.45) is 0 Å². The molecule has 4 aliphatic rings. The van der Waals surface area contributed by atoms with Gasteiger partial charge in [-0.25, -0.2) is 0 Å². The third-order valence-electron chi connectivity index (χ3n) is 4.82. The van der Waals surface area contributed by atoms with E-state index in [0.29, 0.717) is 0 Å². The van der Waals surface area contributed by atoms with E-state index in [1.165, 1.54) is 0 Å². The molecule has 4 aliphatic carbocycles. The van der Waals surface area contributed by atoms with E-state index in [9.17, 15) is 0 Å². The molecule has 0 saturated heterocycles. The number of hydrogen-bond acceptors (Lipinski definition) is 0. The Bertz CT molecular complexity index is 577. The van der Waals surface area contributed by atoms with Crippen LogP contribution in [0.1, 0.15) is 25.7 Å². The van der Waals surface area contributed by atoms with Crippen molar-refractivity contribution in [2.45, 2.75) is 25.7 Å². The summed E-state index contributed by atoms with van der Waals surface area (Å²) in [5.41, 5.74) is 0. The van der Waals surface area contributed by atoms with Gasteiger partial charge in [0.15, 0.2) is 0 Å². The van der Waals surface area contributed by atoms with E-state index >= 15 is 0 Å². The van der Waals surface area contributed by atoms with E-state index in [1.807, 2.05) is 0 Å². The van der Waals surface area contributed by atoms with Crippen molar-refractivity contribution in [2.75, 3.05) is 0 Å². The van der Waals surface area contributed by atoms with Crippen molar-refractivity contribution in [3.05, 3.63) is 87.3 Å². The van der Waals surface area contributed by atoms with Crippen LogP contribution in [-0.2, 0) is 0 Å². The molecule has 0 unspecified atom stereocenters. The molecule has 0 amide bonds. The Labute approximate surface area is 131 Å². The predicted molar refractivity (Wildman–Crippen MR) is 93.1 cm³/mol.